The van der Waals surface area contributed by atoms with Crippen LogP contribution in [-0.4, -0.2) is 37.2 Å². The van der Waals surface area contributed by atoms with Gasteiger partial charge >= 0.3 is 4.38 Å². The number of sulfone groups is 2. The van der Waals surface area contributed by atoms with E-state index in [-0.39, 0.29) is 9.79 Å². The maximum Gasteiger partial charge on any atom is 0.504 e. The molecule has 0 fully saturated rings. The third-order valence-corrected chi connectivity index (χ3v) is 7.84. The maximum atomic E-state index is 12.9. The molecule has 0 spiro atoms. The summed E-state index contributed by atoms with van der Waals surface area (Å²) < 4.78 is 61.5. The van der Waals surface area contributed by atoms with Crippen molar-refractivity contribution in [2.45, 2.75) is 62.5 Å². The van der Waals surface area contributed by atoms with E-state index in [2.05, 4.69) is 4.79 Å². The van der Waals surface area contributed by atoms with E-state index in [1.807, 2.05) is 41.5 Å². The zero-order valence-electron chi connectivity index (χ0n) is 18.3. The fourth-order valence-corrected chi connectivity index (χ4v) is 5.87. The molecule has 0 amide bonds. The van der Waals surface area contributed by atoms with Crippen molar-refractivity contribution in [3.63, 3.8) is 0 Å². The molecule has 0 aliphatic carbocycles. The highest BCUT2D eigenvalue weighted by Crippen LogP contribution is 2.26. The SMILES string of the molecule is CC(C)(C)Oc1ccc(S(=O)(=O)C(=[N+]=[N-])S(=O)(=O)c2ccc(OC(C)(C)C)cc2)cc1. The van der Waals surface area contributed by atoms with Crippen LogP contribution in [0.4, 0.5) is 0 Å². The Morgan fingerprint density at radius 2 is 0.968 bits per heavy atom. The molecule has 0 unspecified atom stereocenters. The van der Waals surface area contributed by atoms with Crippen LogP contribution in [0.25, 0.3) is 5.53 Å². The number of hydrogen-bond acceptors (Lipinski definition) is 6. The molecule has 0 aromatic heterocycles. The summed E-state index contributed by atoms with van der Waals surface area (Å²) in [7, 11) is -9.26. The van der Waals surface area contributed by atoms with Gasteiger partial charge in [-0.3, -0.25) is 0 Å². The molecule has 2 rings (SSSR count). The van der Waals surface area contributed by atoms with Crippen LogP contribution < -0.4 is 9.47 Å². The Labute approximate surface area is 183 Å². The highest BCUT2D eigenvalue weighted by molar-refractivity contribution is 8.31. The molecule has 0 N–H and O–H groups in total. The molecule has 0 aliphatic heterocycles. The van der Waals surface area contributed by atoms with Crippen LogP contribution >= 0.6 is 0 Å². The van der Waals surface area contributed by atoms with Gasteiger partial charge in [0.15, 0.2) is 0 Å². The predicted octanol–water partition coefficient (Wildman–Crippen LogP) is 3.87. The molecule has 0 bridgehead atoms. The van der Waals surface area contributed by atoms with Gasteiger partial charge in [-0.25, -0.2) is 16.8 Å². The molecule has 0 atom stereocenters. The molecule has 0 heterocycles. The van der Waals surface area contributed by atoms with Crippen molar-refractivity contribution in [1.82, 2.24) is 0 Å². The second kappa shape index (κ2) is 8.45. The number of ether oxygens (including phenoxy) is 2. The molecule has 0 saturated heterocycles. The van der Waals surface area contributed by atoms with E-state index in [9.17, 15) is 22.4 Å². The summed E-state index contributed by atoms with van der Waals surface area (Å²) in [6.07, 6.45) is 0. The van der Waals surface area contributed by atoms with Crippen LogP contribution in [-0.2, 0) is 19.7 Å². The fourth-order valence-electron chi connectivity index (χ4n) is 2.53. The van der Waals surface area contributed by atoms with E-state index in [0.29, 0.717) is 11.5 Å². The Bertz CT molecular complexity index is 1110. The lowest BCUT2D eigenvalue weighted by Gasteiger charge is -2.21. The van der Waals surface area contributed by atoms with Crippen molar-refractivity contribution in [2.24, 2.45) is 0 Å². The molecule has 168 valence electrons. The van der Waals surface area contributed by atoms with E-state index in [1.165, 1.54) is 48.5 Å². The maximum absolute atomic E-state index is 12.9. The van der Waals surface area contributed by atoms with Crippen molar-refractivity contribution in [3.8, 4) is 11.5 Å². The van der Waals surface area contributed by atoms with Crippen LogP contribution in [0.15, 0.2) is 58.3 Å². The van der Waals surface area contributed by atoms with Crippen molar-refractivity contribution in [1.29, 1.82) is 0 Å². The standard InChI is InChI=1S/C21H26N2O6S2/c1-20(2,3)28-15-7-11-17(12-8-15)30(24,25)19(23-22)31(26,27)18-13-9-16(10-14-18)29-21(4,5)6/h7-14H,1-6H3. The molecule has 2 aromatic rings. The first kappa shape index (κ1) is 24.6. The molecule has 0 aliphatic rings. The summed E-state index contributed by atoms with van der Waals surface area (Å²) in [6.45, 7) is 11.0. The zero-order chi connectivity index (χ0) is 23.7. The monoisotopic (exact) mass is 466 g/mol. The number of nitrogens with zero attached hydrogens (tertiary/aromatic N) is 2. The number of hydrogen-bond donors (Lipinski definition) is 0. The van der Waals surface area contributed by atoms with E-state index in [4.69, 9.17) is 9.47 Å². The first-order valence-electron chi connectivity index (χ1n) is 9.37. The second-order valence-electron chi connectivity index (χ2n) is 8.74. The molecule has 10 heteroatoms. The Hall–Kier alpha value is -2.68. The molecule has 31 heavy (non-hydrogen) atoms. The predicted molar refractivity (Wildman–Crippen MR) is 117 cm³/mol. The summed E-state index contributed by atoms with van der Waals surface area (Å²) in [5.74, 6) is 0.817. The smallest absolute Gasteiger partial charge is 0.488 e. The molecule has 0 saturated carbocycles. The van der Waals surface area contributed by atoms with Crippen molar-refractivity contribution in [2.75, 3.05) is 0 Å². The lowest BCUT2D eigenvalue weighted by Crippen LogP contribution is -2.26. The van der Waals surface area contributed by atoms with Gasteiger partial charge in [0.1, 0.15) is 22.7 Å². The van der Waals surface area contributed by atoms with E-state index >= 15 is 0 Å². The third-order valence-electron chi connectivity index (χ3n) is 3.66. The van der Waals surface area contributed by atoms with Crippen LogP contribution in [0.3, 0.4) is 0 Å². The van der Waals surface area contributed by atoms with Gasteiger partial charge in [0.05, 0.1) is 9.79 Å². The average Bonchev–Trinajstić information content (AvgIpc) is 2.60. The molecular formula is C21H26N2O6S2. The highest BCUT2D eigenvalue weighted by atomic mass is 32.3. The largest absolute Gasteiger partial charge is 0.504 e. The quantitative estimate of drug-likeness (QED) is 0.292. The summed E-state index contributed by atoms with van der Waals surface area (Å²) in [6, 6.07) is 10.4. The Morgan fingerprint density at radius 1 is 0.677 bits per heavy atom. The van der Waals surface area contributed by atoms with Crippen molar-refractivity contribution >= 4 is 24.1 Å². The van der Waals surface area contributed by atoms with Crippen LogP contribution in [0.5, 0.6) is 11.5 Å². The molecule has 8 nitrogen and oxygen atoms in total. The van der Waals surface area contributed by atoms with Crippen LogP contribution in [0.1, 0.15) is 41.5 Å². The second-order valence-corrected chi connectivity index (χ2v) is 12.7. The molecule has 0 radical (unpaired) electrons. The minimum Gasteiger partial charge on any atom is -0.488 e. The van der Waals surface area contributed by atoms with Gasteiger partial charge < -0.3 is 15.0 Å². The number of benzene rings is 2. The van der Waals surface area contributed by atoms with Gasteiger partial charge in [0.2, 0.25) is 0 Å². The lowest BCUT2D eigenvalue weighted by atomic mass is 10.2. The van der Waals surface area contributed by atoms with Crippen molar-refractivity contribution in [3.05, 3.63) is 54.1 Å². The summed E-state index contributed by atoms with van der Waals surface area (Å²) in [4.78, 5) is 1.93. The van der Waals surface area contributed by atoms with Gasteiger partial charge in [-0.05, 0) is 90.1 Å². The Morgan fingerprint density at radius 3 is 1.19 bits per heavy atom. The lowest BCUT2D eigenvalue weighted by molar-refractivity contribution is 0.00379. The van der Waals surface area contributed by atoms with Crippen molar-refractivity contribution < 1.29 is 31.1 Å². The average molecular weight is 467 g/mol. The van der Waals surface area contributed by atoms with E-state index < -0.39 is 35.3 Å². The van der Waals surface area contributed by atoms with Crippen LogP contribution in [0.2, 0.25) is 0 Å². The van der Waals surface area contributed by atoms with E-state index in [0.717, 1.165) is 0 Å². The van der Waals surface area contributed by atoms with Gasteiger partial charge in [0.25, 0.3) is 19.7 Å². The molecular weight excluding hydrogens is 440 g/mol. The van der Waals surface area contributed by atoms with E-state index in [1.54, 1.807) is 0 Å². The first-order chi connectivity index (χ1) is 14.1. The summed E-state index contributed by atoms with van der Waals surface area (Å²) in [5.41, 5.74) is 8.32. The summed E-state index contributed by atoms with van der Waals surface area (Å²) >= 11 is 0. The van der Waals surface area contributed by atoms with Crippen LogP contribution in [0, 0.1) is 0 Å². The Kier molecular flexibility index (Phi) is 6.70. The van der Waals surface area contributed by atoms with Gasteiger partial charge in [0, 0.05) is 0 Å². The van der Waals surface area contributed by atoms with Gasteiger partial charge in [-0.1, -0.05) is 0 Å². The topological polar surface area (TPSA) is 123 Å². The first-order valence-corrected chi connectivity index (χ1v) is 12.3. The van der Waals surface area contributed by atoms with Gasteiger partial charge in [-0.15, -0.1) is 4.79 Å². The normalized spacial score (nSPS) is 12.7. The minimum atomic E-state index is -4.63. The number of rotatable bonds is 4. The fraction of sp³-hybridized carbons (Fsp3) is 0.381. The zero-order valence-corrected chi connectivity index (χ0v) is 19.9. The molecule has 2 aromatic carbocycles. The van der Waals surface area contributed by atoms with Gasteiger partial charge in [-0.2, -0.15) is 0 Å². The Balaban J connectivity index is 2.40. The highest BCUT2D eigenvalue weighted by Gasteiger charge is 2.44. The summed E-state index contributed by atoms with van der Waals surface area (Å²) in [5, 5.41) is 0. The minimum absolute atomic E-state index is 0.349. The third kappa shape index (κ3) is 6.16.